The van der Waals surface area contributed by atoms with Gasteiger partial charge in [0.1, 0.15) is 5.76 Å². The highest BCUT2D eigenvalue weighted by atomic mass is 79.9. The van der Waals surface area contributed by atoms with Crippen LogP contribution >= 0.6 is 15.9 Å². The Morgan fingerprint density at radius 2 is 2.33 bits per heavy atom. The number of rotatable bonds is 4. The minimum absolute atomic E-state index is 0.101. The molecule has 1 rings (SSSR count). The van der Waals surface area contributed by atoms with Gasteiger partial charge in [0.2, 0.25) is 5.91 Å². The van der Waals surface area contributed by atoms with E-state index in [0.717, 1.165) is 0 Å². The molecule has 0 fully saturated rings. The largest absolute Gasteiger partial charge is 0.450 e. The Morgan fingerprint density at radius 3 is 2.87 bits per heavy atom. The van der Waals surface area contributed by atoms with Crippen LogP contribution in [0.2, 0.25) is 0 Å². The van der Waals surface area contributed by atoms with Gasteiger partial charge in [0, 0.05) is 12.6 Å². The molecule has 0 aliphatic rings. The predicted molar refractivity (Wildman–Crippen MR) is 63.3 cm³/mol. The number of hydrogen-bond donors (Lipinski definition) is 1. The molecule has 15 heavy (non-hydrogen) atoms. The number of amides is 1. The van der Waals surface area contributed by atoms with Crippen molar-refractivity contribution in [3.8, 4) is 0 Å². The molecule has 1 heterocycles. The maximum Gasteiger partial charge on any atom is 0.244 e. The van der Waals surface area contributed by atoms with Crippen molar-refractivity contribution in [2.45, 2.75) is 13.8 Å². The van der Waals surface area contributed by atoms with Crippen molar-refractivity contribution < 1.29 is 9.21 Å². The molecule has 82 valence electrons. The van der Waals surface area contributed by atoms with E-state index >= 15 is 0 Å². The molecule has 1 amide bonds. The lowest BCUT2D eigenvalue weighted by atomic mass is 10.2. The summed E-state index contributed by atoms with van der Waals surface area (Å²) >= 11 is 3.19. The fourth-order valence-corrected chi connectivity index (χ4v) is 1.26. The molecule has 1 aromatic rings. The first kappa shape index (κ1) is 12.0. The monoisotopic (exact) mass is 271 g/mol. The Kier molecular flexibility index (Phi) is 4.62. The third kappa shape index (κ3) is 4.83. The zero-order chi connectivity index (χ0) is 11.3. The highest BCUT2D eigenvalue weighted by Crippen LogP contribution is 2.14. The van der Waals surface area contributed by atoms with E-state index in [1.807, 2.05) is 13.8 Å². The van der Waals surface area contributed by atoms with Gasteiger partial charge in [-0.15, -0.1) is 0 Å². The normalized spacial score (nSPS) is 11.2. The Hall–Kier alpha value is -1.03. The Bertz CT molecular complexity index is 355. The molecule has 0 aliphatic heterocycles. The molecular weight excluding hydrogens is 258 g/mol. The molecule has 0 spiro atoms. The summed E-state index contributed by atoms with van der Waals surface area (Å²) in [5, 5.41) is 2.78. The summed E-state index contributed by atoms with van der Waals surface area (Å²) in [6.45, 7) is 4.78. The summed E-state index contributed by atoms with van der Waals surface area (Å²) in [6, 6.07) is 3.57. The molecule has 0 atom stereocenters. The van der Waals surface area contributed by atoms with Gasteiger partial charge in [-0.3, -0.25) is 4.79 Å². The average Bonchev–Trinajstić information content (AvgIpc) is 2.58. The number of halogens is 1. The summed E-state index contributed by atoms with van der Waals surface area (Å²) in [6.07, 6.45) is 3.11. The van der Waals surface area contributed by atoms with Gasteiger partial charge in [-0.1, -0.05) is 13.8 Å². The summed E-state index contributed by atoms with van der Waals surface area (Å²) in [5.74, 6) is 1.01. The summed E-state index contributed by atoms with van der Waals surface area (Å²) in [7, 11) is 0. The molecule has 1 N–H and O–H groups in total. The maximum atomic E-state index is 11.3. The van der Waals surface area contributed by atoms with E-state index in [9.17, 15) is 4.79 Å². The third-order valence-corrected chi connectivity index (χ3v) is 2.10. The number of nitrogens with one attached hydrogen (secondary N) is 1. The van der Waals surface area contributed by atoms with Gasteiger partial charge in [-0.05, 0) is 40.1 Å². The number of furan rings is 1. The molecule has 0 radical (unpaired) electrons. The SMILES string of the molecule is CC(C)CNC(=O)/C=C/c1ccc(Br)o1. The van der Waals surface area contributed by atoms with E-state index in [2.05, 4.69) is 21.2 Å². The Balaban J connectivity index is 2.40. The minimum atomic E-state index is -0.101. The van der Waals surface area contributed by atoms with Crippen LogP contribution in [0.15, 0.2) is 27.3 Å². The van der Waals surface area contributed by atoms with Crippen LogP contribution in [0.1, 0.15) is 19.6 Å². The second-order valence-corrected chi connectivity index (χ2v) is 4.40. The Morgan fingerprint density at radius 1 is 1.60 bits per heavy atom. The maximum absolute atomic E-state index is 11.3. The predicted octanol–water partition coefficient (Wildman–Crippen LogP) is 2.83. The highest BCUT2D eigenvalue weighted by Gasteiger charge is 1.98. The van der Waals surface area contributed by atoms with E-state index in [-0.39, 0.29) is 5.91 Å². The molecule has 0 saturated carbocycles. The van der Waals surface area contributed by atoms with Crippen LogP contribution in [0.4, 0.5) is 0 Å². The standard InChI is InChI=1S/C11H14BrNO2/c1-8(2)7-13-11(14)6-4-9-3-5-10(12)15-9/h3-6,8H,7H2,1-2H3,(H,13,14)/b6-4+. The van der Waals surface area contributed by atoms with Gasteiger partial charge in [0.15, 0.2) is 4.67 Å². The van der Waals surface area contributed by atoms with Crippen LogP contribution in [0.25, 0.3) is 6.08 Å². The molecular formula is C11H14BrNO2. The number of carbonyl (C=O) groups is 1. The zero-order valence-corrected chi connectivity index (χ0v) is 10.4. The third-order valence-electron chi connectivity index (χ3n) is 1.68. The van der Waals surface area contributed by atoms with Crippen LogP contribution in [0, 0.1) is 5.92 Å². The van der Waals surface area contributed by atoms with Crippen LogP contribution in [0.5, 0.6) is 0 Å². The topological polar surface area (TPSA) is 42.2 Å². The average molecular weight is 272 g/mol. The fraction of sp³-hybridized carbons (Fsp3) is 0.364. The van der Waals surface area contributed by atoms with Gasteiger partial charge in [0.05, 0.1) is 0 Å². The van der Waals surface area contributed by atoms with Crippen molar-refractivity contribution in [2.24, 2.45) is 5.92 Å². The number of carbonyl (C=O) groups excluding carboxylic acids is 1. The van der Waals surface area contributed by atoms with Crippen molar-refractivity contribution in [1.29, 1.82) is 0 Å². The van der Waals surface area contributed by atoms with Crippen molar-refractivity contribution in [2.75, 3.05) is 6.54 Å². The van der Waals surface area contributed by atoms with Crippen LogP contribution in [0.3, 0.4) is 0 Å². The van der Waals surface area contributed by atoms with Crippen molar-refractivity contribution >= 4 is 27.9 Å². The lowest BCUT2D eigenvalue weighted by molar-refractivity contribution is -0.116. The lowest BCUT2D eigenvalue weighted by Crippen LogP contribution is -2.25. The summed E-state index contributed by atoms with van der Waals surface area (Å²) < 4.78 is 5.87. The zero-order valence-electron chi connectivity index (χ0n) is 8.79. The number of hydrogen-bond acceptors (Lipinski definition) is 2. The van der Waals surface area contributed by atoms with E-state index in [0.29, 0.717) is 22.9 Å². The fourth-order valence-electron chi connectivity index (χ4n) is 0.939. The molecule has 0 aliphatic carbocycles. The molecule has 0 unspecified atom stereocenters. The summed E-state index contributed by atoms with van der Waals surface area (Å²) in [4.78, 5) is 11.3. The van der Waals surface area contributed by atoms with Gasteiger partial charge < -0.3 is 9.73 Å². The van der Waals surface area contributed by atoms with Crippen LogP contribution in [-0.2, 0) is 4.79 Å². The molecule has 0 saturated heterocycles. The second-order valence-electron chi connectivity index (χ2n) is 3.61. The van der Waals surface area contributed by atoms with E-state index in [1.54, 1.807) is 18.2 Å². The molecule has 0 bridgehead atoms. The summed E-state index contributed by atoms with van der Waals surface area (Å²) in [5.41, 5.74) is 0. The van der Waals surface area contributed by atoms with Gasteiger partial charge in [-0.25, -0.2) is 0 Å². The van der Waals surface area contributed by atoms with Gasteiger partial charge in [0.25, 0.3) is 0 Å². The van der Waals surface area contributed by atoms with Crippen LogP contribution in [-0.4, -0.2) is 12.5 Å². The van der Waals surface area contributed by atoms with Gasteiger partial charge in [-0.2, -0.15) is 0 Å². The van der Waals surface area contributed by atoms with E-state index in [1.165, 1.54) is 6.08 Å². The van der Waals surface area contributed by atoms with Crippen LogP contribution < -0.4 is 5.32 Å². The molecule has 1 aromatic heterocycles. The molecule has 4 heteroatoms. The smallest absolute Gasteiger partial charge is 0.244 e. The Labute approximate surface area is 97.7 Å². The van der Waals surface area contributed by atoms with Crippen molar-refractivity contribution in [3.05, 3.63) is 28.6 Å². The molecule has 0 aromatic carbocycles. The first-order valence-corrected chi connectivity index (χ1v) is 5.58. The minimum Gasteiger partial charge on any atom is -0.450 e. The molecule has 3 nitrogen and oxygen atoms in total. The van der Waals surface area contributed by atoms with E-state index < -0.39 is 0 Å². The van der Waals surface area contributed by atoms with Crippen molar-refractivity contribution in [3.63, 3.8) is 0 Å². The second kappa shape index (κ2) is 5.75. The lowest BCUT2D eigenvalue weighted by Gasteiger charge is -2.03. The van der Waals surface area contributed by atoms with Gasteiger partial charge >= 0.3 is 0 Å². The first-order chi connectivity index (χ1) is 7.08. The van der Waals surface area contributed by atoms with Crippen molar-refractivity contribution in [1.82, 2.24) is 5.32 Å². The van der Waals surface area contributed by atoms with E-state index in [4.69, 9.17) is 4.42 Å². The highest BCUT2D eigenvalue weighted by molar-refractivity contribution is 9.10. The first-order valence-electron chi connectivity index (χ1n) is 4.79. The quantitative estimate of drug-likeness (QED) is 0.856.